The van der Waals surface area contributed by atoms with Crippen molar-refractivity contribution < 1.29 is 14.7 Å². The second kappa shape index (κ2) is 5.61. The highest BCUT2D eigenvalue weighted by atomic mass is 35.5. The molecular weight excluding hydrogens is 266 g/mol. The molecule has 0 aromatic heterocycles. The van der Waals surface area contributed by atoms with Gasteiger partial charge in [0, 0.05) is 23.7 Å². The highest BCUT2D eigenvalue weighted by molar-refractivity contribution is 6.31. The van der Waals surface area contributed by atoms with E-state index in [1.807, 2.05) is 6.92 Å². The van der Waals surface area contributed by atoms with Gasteiger partial charge in [-0.25, -0.2) is 0 Å². The van der Waals surface area contributed by atoms with Gasteiger partial charge in [0.2, 0.25) is 0 Å². The Hall–Kier alpha value is -1.55. The number of likely N-dealkylation sites (tertiary alicyclic amines) is 1. The lowest BCUT2D eigenvalue weighted by Gasteiger charge is -2.30. The zero-order chi connectivity index (χ0) is 14.0. The average molecular weight is 282 g/mol. The van der Waals surface area contributed by atoms with Gasteiger partial charge in [-0.2, -0.15) is 0 Å². The molecule has 0 aliphatic carbocycles. The van der Waals surface area contributed by atoms with Crippen molar-refractivity contribution in [2.24, 2.45) is 5.92 Å². The minimum Gasteiger partial charge on any atom is -0.481 e. The van der Waals surface area contributed by atoms with E-state index < -0.39 is 11.9 Å². The normalized spacial score (nSPS) is 19.3. The summed E-state index contributed by atoms with van der Waals surface area (Å²) >= 11 is 5.95. The van der Waals surface area contributed by atoms with Crippen LogP contribution in [0.15, 0.2) is 18.2 Å². The van der Waals surface area contributed by atoms with E-state index in [2.05, 4.69) is 0 Å². The molecule has 0 unspecified atom stereocenters. The Bertz CT molecular complexity index is 495. The zero-order valence-electron chi connectivity index (χ0n) is 10.7. The van der Waals surface area contributed by atoms with Crippen LogP contribution in [0, 0.1) is 12.8 Å². The average Bonchev–Trinajstić information content (AvgIpc) is 2.37. The summed E-state index contributed by atoms with van der Waals surface area (Å²) < 4.78 is 0. The molecule has 1 N–H and O–H groups in total. The molecule has 1 aliphatic heterocycles. The van der Waals surface area contributed by atoms with E-state index in [0.29, 0.717) is 23.6 Å². The van der Waals surface area contributed by atoms with Gasteiger partial charge in [0.1, 0.15) is 0 Å². The fraction of sp³-hybridized carbons (Fsp3) is 0.429. The van der Waals surface area contributed by atoms with E-state index in [9.17, 15) is 9.59 Å². The molecule has 1 saturated heterocycles. The van der Waals surface area contributed by atoms with Crippen LogP contribution in [0.5, 0.6) is 0 Å². The zero-order valence-corrected chi connectivity index (χ0v) is 11.5. The minimum absolute atomic E-state index is 0.142. The van der Waals surface area contributed by atoms with Crippen LogP contribution in [0.3, 0.4) is 0 Å². The second-order valence-electron chi connectivity index (χ2n) is 4.95. The lowest BCUT2D eigenvalue weighted by atomic mass is 9.97. The van der Waals surface area contributed by atoms with Crippen molar-refractivity contribution in [2.75, 3.05) is 13.1 Å². The van der Waals surface area contributed by atoms with Gasteiger partial charge in [0.15, 0.2) is 0 Å². The van der Waals surface area contributed by atoms with Crippen molar-refractivity contribution in [3.8, 4) is 0 Å². The van der Waals surface area contributed by atoms with Gasteiger partial charge in [-0.3, -0.25) is 9.59 Å². The first-order chi connectivity index (χ1) is 8.97. The predicted molar refractivity (Wildman–Crippen MR) is 72.5 cm³/mol. The molecule has 1 aliphatic rings. The van der Waals surface area contributed by atoms with Gasteiger partial charge in [-0.1, -0.05) is 11.6 Å². The van der Waals surface area contributed by atoms with Crippen molar-refractivity contribution in [1.29, 1.82) is 0 Å². The Labute approximate surface area is 117 Å². The number of carboxylic acid groups (broad SMARTS) is 1. The second-order valence-corrected chi connectivity index (χ2v) is 5.38. The van der Waals surface area contributed by atoms with Crippen molar-refractivity contribution in [3.63, 3.8) is 0 Å². The minimum atomic E-state index is -0.834. The number of benzene rings is 1. The third-order valence-electron chi connectivity index (χ3n) is 3.35. The van der Waals surface area contributed by atoms with Gasteiger partial charge < -0.3 is 10.0 Å². The SMILES string of the molecule is Cc1cc(Cl)cc(C(=O)N2CCC[C@H](C(=O)O)C2)c1. The summed E-state index contributed by atoms with van der Waals surface area (Å²) in [7, 11) is 0. The summed E-state index contributed by atoms with van der Waals surface area (Å²) in [6.45, 7) is 2.76. The first kappa shape index (κ1) is 13.9. The summed E-state index contributed by atoms with van der Waals surface area (Å²) in [5, 5.41) is 9.56. The number of rotatable bonds is 2. The van der Waals surface area contributed by atoms with E-state index in [4.69, 9.17) is 16.7 Å². The van der Waals surface area contributed by atoms with Crippen molar-refractivity contribution in [3.05, 3.63) is 34.3 Å². The van der Waals surface area contributed by atoms with Crippen LogP contribution in [-0.2, 0) is 4.79 Å². The first-order valence-corrected chi connectivity index (χ1v) is 6.64. The molecule has 0 saturated carbocycles. The molecule has 1 fully saturated rings. The van der Waals surface area contributed by atoms with Crippen molar-refractivity contribution in [1.82, 2.24) is 4.90 Å². The van der Waals surface area contributed by atoms with Gasteiger partial charge in [0.25, 0.3) is 5.91 Å². The molecular formula is C14H16ClNO3. The van der Waals surface area contributed by atoms with Gasteiger partial charge >= 0.3 is 5.97 Å². The molecule has 5 heteroatoms. The summed E-state index contributed by atoms with van der Waals surface area (Å²) in [6, 6.07) is 5.19. The molecule has 1 aromatic rings. The summed E-state index contributed by atoms with van der Waals surface area (Å²) in [4.78, 5) is 25.0. The van der Waals surface area contributed by atoms with Gasteiger partial charge in [0.05, 0.1) is 5.92 Å². The molecule has 1 amide bonds. The van der Waals surface area contributed by atoms with Crippen LogP contribution in [-0.4, -0.2) is 35.0 Å². The molecule has 4 nitrogen and oxygen atoms in total. The quantitative estimate of drug-likeness (QED) is 0.906. The molecule has 19 heavy (non-hydrogen) atoms. The van der Waals surface area contributed by atoms with E-state index in [-0.39, 0.29) is 12.5 Å². The maximum absolute atomic E-state index is 12.3. The van der Waals surface area contributed by atoms with Crippen LogP contribution in [0.4, 0.5) is 0 Å². The molecule has 0 bridgehead atoms. The van der Waals surface area contributed by atoms with Gasteiger partial charge in [-0.05, 0) is 43.5 Å². The van der Waals surface area contributed by atoms with Crippen LogP contribution < -0.4 is 0 Å². The summed E-state index contributed by atoms with van der Waals surface area (Å²) in [5.74, 6) is -1.44. The molecule has 102 valence electrons. The number of carbonyl (C=O) groups is 2. The monoisotopic (exact) mass is 281 g/mol. The van der Waals surface area contributed by atoms with Crippen molar-refractivity contribution in [2.45, 2.75) is 19.8 Å². The van der Waals surface area contributed by atoms with Gasteiger partial charge in [-0.15, -0.1) is 0 Å². The number of carboxylic acids is 1. The Kier molecular flexibility index (Phi) is 4.10. The number of piperidine rings is 1. The number of amides is 1. The highest BCUT2D eigenvalue weighted by Gasteiger charge is 2.28. The number of hydrogen-bond acceptors (Lipinski definition) is 2. The fourth-order valence-corrected chi connectivity index (χ4v) is 2.70. The molecule has 1 heterocycles. The Morgan fingerprint density at radius 3 is 2.74 bits per heavy atom. The highest BCUT2D eigenvalue weighted by Crippen LogP contribution is 2.21. The van der Waals surface area contributed by atoms with Crippen LogP contribution in [0.2, 0.25) is 5.02 Å². The fourth-order valence-electron chi connectivity index (χ4n) is 2.41. The third-order valence-corrected chi connectivity index (χ3v) is 3.57. The van der Waals surface area contributed by atoms with Crippen molar-refractivity contribution >= 4 is 23.5 Å². The maximum Gasteiger partial charge on any atom is 0.308 e. The molecule has 1 aromatic carbocycles. The number of hydrogen-bond donors (Lipinski definition) is 1. The predicted octanol–water partition coefficient (Wildman–Crippen LogP) is 2.59. The van der Waals surface area contributed by atoms with Crippen LogP contribution in [0.25, 0.3) is 0 Å². The number of halogens is 1. The smallest absolute Gasteiger partial charge is 0.308 e. The topological polar surface area (TPSA) is 57.6 Å². The number of nitrogens with zero attached hydrogens (tertiary/aromatic N) is 1. The Morgan fingerprint density at radius 1 is 1.37 bits per heavy atom. The maximum atomic E-state index is 12.3. The van der Waals surface area contributed by atoms with E-state index in [1.165, 1.54) is 0 Å². The number of aryl methyl sites for hydroxylation is 1. The van der Waals surface area contributed by atoms with E-state index in [1.54, 1.807) is 23.1 Å². The third kappa shape index (κ3) is 3.26. The molecule has 0 spiro atoms. The summed E-state index contributed by atoms with van der Waals surface area (Å²) in [6.07, 6.45) is 1.36. The lowest BCUT2D eigenvalue weighted by molar-refractivity contribution is -0.143. The number of aliphatic carboxylic acids is 1. The van der Waals surface area contributed by atoms with E-state index in [0.717, 1.165) is 12.0 Å². The molecule has 0 radical (unpaired) electrons. The van der Waals surface area contributed by atoms with E-state index >= 15 is 0 Å². The summed E-state index contributed by atoms with van der Waals surface area (Å²) in [5.41, 5.74) is 1.44. The first-order valence-electron chi connectivity index (χ1n) is 6.26. The molecule has 2 rings (SSSR count). The largest absolute Gasteiger partial charge is 0.481 e. The number of carbonyl (C=O) groups excluding carboxylic acids is 1. The Morgan fingerprint density at radius 2 is 2.11 bits per heavy atom. The standard InChI is InChI=1S/C14H16ClNO3/c1-9-5-11(7-12(15)6-9)13(17)16-4-2-3-10(8-16)14(18)19/h5-7,10H,2-4,8H2,1H3,(H,18,19)/t10-/m0/s1. The van der Waals surface area contributed by atoms with Crippen LogP contribution >= 0.6 is 11.6 Å². The Balaban J connectivity index is 2.16. The molecule has 1 atom stereocenters. The van der Waals surface area contributed by atoms with Crippen LogP contribution in [0.1, 0.15) is 28.8 Å². The lowest BCUT2D eigenvalue weighted by Crippen LogP contribution is -2.42.